The predicted octanol–water partition coefficient (Wildman–Crippen LogP) is 2.01. The third-order valence-corrected chi connectivity index (χ3v) is 5.12. The number of likely N-dealkylation sites (tertiary alicyclic amines) is 1. The molecule has 1 fully saturated rings. The van der Waals surface area contributed by atoms with Crippen LogP contribution in [0, 0.1) is 5.41 Å². The SMILES string of the molecule is CC1(C)CN(C(=O)c2cn(Cc3cccs3)nn2)CCC1N.Cl. The van der Waals surface area contributed by atoms with Crippen molar-refractivity contribution in [2.45, 2.75) is 32.9 Å². The van der Waals surface area contributed by atoms with Crippen LogP contribution in [0.4, 0.5) is 0 Å². The fourth-order valence-electron chi connectivity index (χ4n) is 2.75. The van der Waals surface area contributed by atoms with Crippen molar-refractivity contribution < 1.29 is 4.79 Å². The Bertz CT molecular complexity index is 655. The zero-order chi connectivity index (χ0) is 15.7. The van der Waals surface area contributed by atoms with E-state index < -0.39 is 0 Å². The van der Waals surface area contributed by atoms with E-state index in [1.807, 2.05) is 22.4 Å². The number of amides is 1. The van der Waals surface area contributed by atoms with Crippen molar-refractivity contribution in [3.63, 3.8) is 0 Å². The smallest absolute Gasteiger partial charge is 0.276 e. The molecule has 126 valence electrons. The highest BCUT2D eigenvalue weighted by Crippen LogP contribution is 2.28. The first kappa shape index (κ1) is 17.9. The summed E-state index contributed by atoms with van der Waals surface area (Å²) in [6.07, 6.45) is 2.55. The zero-order valence-electron chi connectivity index (χ0n) is 13.3. The molecule has 23 heavy (non-hydrogen) atoms. The van der Waals surface area contributed by atoms with E-state index in [2.05, 4.69) is 24.2 Å². The third kappa shape index (κ3) is 3.91. The molecule has 1 saturated heterocycles. The van der Waals surface area contributed by atoms with Gasteiger partial charge in [-0.25, -0.2) is 4.68 Å². The number of nitrogens with two attached hydrogens (primary N) is 1. The average molecular weight is 356 g/mol. The van der Waals surface area contributed by atoms with Crippen LogP contribution in [0.3, 0.4) is 0 Å². The number of carbonyl (C=O) groups is 1. The van der Waals surface area contributed by atoms with Gasteiger partial charge in [-0.05, 0) is 23.3 Å². The van der Waals surface area contributed by atoms with Crippen molar-refractivity contribution in [3.8, 4) is 0 Å². The number of thiophene rings is 1. The van der Waals surface area contributed by atoms with Gasteiger partial charge in [0.1, 0.15) is 0 Å². The van der Waals surface area contributed by atoms with Gasteiger partial charge in [0, 0.05) is 24.0 Å². The van der Waals surface area contributed by atoms with Crippen molar-refractivity contribution in [1.29, 1.82) is 0 Å². The number of hydrogen-bond donors (Lipinski definition) is 1. The van der Waals surface area contributed by atoms with E-state index in [-0.39, 0.29) is 29.8 Å². The molecular weight excluding hydrogens is 334 g/mol. The molecule has 1 aliphatic heterocycles. The molecule has 1 amide bonds. The maximum atomic E-state index is 12.6. The summed E-state index contributed by atoms with van der Waals surface area (Å²) in [4.78, 5) is 15.6. The van der Waals surface area contributed by atoms with Gasteiger partial charge in [-0.1, -0.05) is 25.1 Å². The van der Waals surface area contributed by atoms with Crippen LogP contribution >= 0.6 is 23.7 Å². The molecule has 2 aromatic rings. The second-order valence-corrected chi connectivity index (χ2v) is 7.52. The van der Waals surface area contributed by atoms with Gasteiger partial charge < -0.3 is 10.6 Å². The predicted molar refractivity (Wildman–Crippen MR) is 93.0 cm³/mol. The number of halogens is 1. The minimum Gasteiger partial charge on any atom is -0.337 e. The highest BCUT2D eigenvalue weighted by atomic mass is 35.5. The summed E-state index contributed by atoms with van der Waals surface area (Å²) in [5.41, 5.74) is 6.46. The Morgan fingerprint density at radius 3 is 2.96 bits per heavy atom. The molecule has 6 nitrogen and oxygen atoms in total. The molecule has 2 aromatic heterocycles. The third-order valence-electron chi connectivity index (χ3n) is 4.26. The van der Waals surface area contributed by atoms with E-state index >= 15 is 0 Å². The van der Waals surface area contributed by atoms with Crippen LogP contribution in [0.1, 0.15) is 35.6 Å². The topological polar surface area (TPSA) is 77.0 Å². The van der Waals surface area contributed by atoms with Gasteiger partial charge in [0.25, 0.3) is 5.91 Å². The van der Waals surface area contributed by atoms with E-state index in [4.69, 9.17) is 5.73 Å². The lowest BCUT2D eigenvalue weighted by molar-refractivity contribution is 0.0527. The molecule has 1 unspecified atom stereocenters. The lowest BCUT2D eigenvalue weighted by Crippen LogP contribution is -2.54. The van der Waals surface area contributed by atoms with Gasteiger partial charge in [-0.3, -0.25) is 4.79 Å². The summed E-state index contributed by atoms with van der Waals surface area (Å²) in [7, 11) is 0. The molecule has 0 aromatic carbocycles. The van der Waals surface area contributed by atoms with Gasteiger partial charge in [-0.2, -0.15) is 0 Å². The molecule has 0 spiro atoms. The number of rotatable bonds is 3. The highest BCUT2D eigenvalue weighted by molar-refractivity contribution is 7.09. The van der Waals surface area contributed by atoms with Crippen LogP contribution in [0.5, 0.6) is 0 Å². The van der Waals surface area contributed by atoms with Crippen LogP contribution < -0.4 is 5.73 Å². The minimum atomic E-state index is -0.0686. The Kier molecular flexibility index (Phi) is 5.44. The van der Waals surface area contributed by atoms with Gasteiger partial charge in [0.05, 0.1) is 12.7 Å². The first-order valence-electron chi connectivity index (χ1n) is 7.43. The highest BCUT2D eigenvalue weighted by Gasteiger charge is 2.36. The fraction of sp³-hybridized carbons (Fsp3) is 0.533. The first-order chi connectivity index (χ1) is 10.5. The Labute approximate surface area is 146 Å². The summed E-state index contributed by atoms with van der Waals surface area (Å²) in [6.45, 7) is 6.19. The molecule has 3 heterocycles. The molecule has 2 N–H and O–H groups in total. The second-order valence-electron chi connectivity index (χ2n) is 6.49. The summed E-state index contributed by atoms with van der Waals surface area (Å²) in [5.74, 6) is -0.0580. The number of carbonyl (C=O) groups excluding carboxylic acids is 1. The number of nitrogens with zero attached hydrogens (tertiary/aromatic N) is 4. The molecule has 0 aliphatic carbocycles. The van der Waals surface area contributed by atoms with Gasteiger partial charge >= 0.3 is 0 Å². The molecule has 1 aliphatic rings. The van der Waals surface area contributed by atoms with Crippen molar-refractivity contribution in [2.75, 3.05) is 13.1 Å². The van der Waals surface area contributed by atoms with Crippen LogP contribution in [-0.4, -0.2) is 44.9 Å². The maximum absolute atomic E-state index is 12.6. The Morgan fingerprint density at radius 1 is 1.52 bits per heavy atom. The van der Waals surface area contributed by atoms with Crippen LogP contribution in [0.25, 0.3) is 0 Å². The van der Waals surface area contributed by atoms with E-state index in [0.717, 1.165) is 6.42 Å². The summed E-state index contributed by atoms with van der Waals surface area (Å²) in [5, 5.41) is 10.1. The van der Waals surface area contributed by atoms with Gasteiger partial charge in [0.15, 0.2) is 5.69 Å². The molecule has 8 heteroatoms. The summed E-state index contributed by atoms with van der Waals surface area (Å²) < 4.78 is 1.71. The minimum absolute atomic E-state index is 0. The van der Waals surface area contributed by atoms with Gasteiger partial charge in [0.2, 0.25) is 0 Å². The lowest BCUT2D eigenvalue weighted by atomic mass is 9.79. The van der Waals surface area contributed by atoms with Gasteiger partial charge in [-0.15, -0.1) is 28.8 Å². The molecule has 0 radical (unpaired) electrons. The zero-order valence-corrected chi connectivity index (χ0v) is 14.9. The lowest BCUT2D eigenvalue weighted by Gasteiger charge is -2.42. The van der Waals surface area contributed by atoms with Crippen molar-refractivity contribution in [1.82, 2.24) is 19.9 Å². The van der Waals surface area contributed by atoms with Crippen molar-refractivity contribution >= 4 is 29.7 Å². The van der Waals surface area contributed by atoms with Crippen LogP contribution in [0.2, 0.25) is 0 Å². The fourth-order valence-corrected chi connectivity index (χ4v) is 3.44. The van der Waals surface area contributed by atoms with E-state index in [9.17, 15) is 4.79 Å². The first-order valence-corrected chi connectivity index (χ1v) is 8.31. The molecular formula is C15H22ClN5OS. The monoisotopic (exact) mass is 355 g/mol. The van der Waals surface area contributed by atoms with E-state index in [0.29, 0.717) is 25.3 Å². The number of piperidine rings is 1. The second kappa shape index (κ2) is 6.98. The summed E-state index contributed by atoms with van der Waals surface area (Å²) >= 11 is 1.67. The number of aromatic nitrogens is 3. The van der Waals surface area contributed by atoms with Crippen LogP contribution in [-0.2, 0) is 6.54 Å². The molecule has 0 saturated carbocycles. The maximum Gasteiger partial charge on any atom is 0.276 e. The number of hydrogen-bond acceptors (Lipinski definition) is 5. The molecule has 1 atom stereocenters. The van der Waals surface area contributed by atoms with Crippen molar-refractivity contribution in [2.24, 2.45) is 11.1 Å². The van der Waals surface area contributed by atoms with E-state index in [1.54, 1.807) is 22.2 Å². The Balaban J connectivity index is 0.00000192. The molecule has 0 bridgehead atoms. The standard InChI is InChI=1S/C15H21N5OS.ClH/c1-15(2)10-19(6-5-13(15)16)14(21)12-9-20(18-17-12)8-11-4-3-7-22-11;/h3-4,7,9,13H,5-6,8,10,16H2,1-2H3;1H. The quantitative estimate of drug-likeness (QED) is 0.913. The Morgan fingerprint density at radius 2 is 2.30 bits per heavy atom. The van der Waals surface area contributed by atoms with Crippen LogP contribution in [0.15, 0.2) is 23.7 Å². The average Bonchev–Trinajstić information content (AvgIpc) is 3.13. The largest absolute Gasteiger partial charge is 0.337 e. The normalized spacial score (nSPS) is 20.1. The van der Waals surface area contributed by atoms with E-state index in [1.165, 1.54) is 4.88 Å². The molecule has 3 rings (SSSR count). The Hall–Kier alpha value is -1.44. The summed E-state index contributed by atoms with van der Waals surface area (Å²) in [6, 6.07) is 4.18. The van der Waals surface area contributed by atoms with Crippen molar-refractivity contribution in [3.05, 3.63) is 34.3 Å².